The van der Waals surface area contributed by atoms with Gasteiger partial charge in [0.2, 0.25) is 0 Å². The Hall–Kier alpha value is -2.16. The lowest BCUT2D eigenvalue weighted by atomic mass is 9.92. The zero-order valence-corrected chi connectivity index (χ0v) is 16.2. The van der Waals surface area contributed by atoms with Crippen LogP contribution < -0.4 is 10.1 Å². The summed E-state index contributed by atoms with van der Waals surface area (Å²) in [5.74, 6) is -0.132. The van der Waals surface area contributed by atoms with Gasteiger partial charge in [-0.25, -0.2) is 4.98 Å². The van der Waals surface area contributed by atoms with Crippen molar-refractivity contribution in [1.82, 2.24) is 10.3 Å². The van der Waals surface area contributed by atoms with Crippen molar-refractivity contribution in [2.75, 3.05) is 13.7 Å². The number of pyridine rings is 1. The number of carbonyl (C=O) groups is 1. The number of nitrogens with one attached hydrogen (secondary N) is 1. The summed E-state index contributed by atoms with van der Waals surface area (Å²) in [7, 11) is 1.30. The molecule has 1 atom stereocenters. The first-order valence-electron chi connectivity index (χ1n) is 8.30. The SMILES string of the molecule is COc1c(C(C)(C)NCC(=O)c2ccccc2)cc(C(O)C(F)(F)F)nc1Cl. The molecule has 1 unspecified atom stereocenters. The standard InChI is InChI=1S/C19H20ClF3N2O3/c1-18(2,24-10-14(26)11-7-5-4-6-8-11)12-9-13(16(27)19(21,22)23)25-17(20)15(12)28-3/h4-9,16,24,27H,10H2,1-3H3. The van der Waals surface area contributed by atoms with Crippen molar-refractivity contribution < 1.29 is 27.8 Å². The van der Waals surface area contributed by atoms with E-state index in [2.05, 4.69) is 10.3 Å². The molecule has 9 heteroatoms. The van der Waals surface area contributed by atoms with Crippen LogP contribution in [-0.2, 0) is 5.54 Å². The number of benzene rings is 1. The number of halogens is 4. The Morgan fingerprint density at radius 2 is 1.89 bits per heavy atom. The third-order valence-electron chi connectivity index (χ3n) is 4.21. The first kappa shape index (κ1) is 22.1. The lowest BCUT2D eigenvalue weighted by molar-refractivity contribution is -0.208. The van der Waals surface area contributed by atoms with Gasteiger partial charge in [0.15, 0.2) is 22.8 Å². The molecule has 0 fully saturated rings. The summed E-state index contributed by atoms with van der Waals surface area (Å²) < 4.78 is 43.9. The van der Waals surface area contributed by atoms with Crippen LogP contribution in [0.2, 0.25) is 5.15 Å². The first-order chi connectivity index (χ1) is 13.0. The minimum atomic E-state index is -4.90. The van der Waals surface area contributed by atoms with Crippen molar-refractivity contribution in [2.24, 2.45) is 0 Å². The number of nitrogens with zero attached hydrogens (tertiary/aromatic N) is 1. The molecule has 0 saturated carbocycles. The molecule has 0 saturated heterocycles. The Balaban J connectivity index is 2.34. The number of carbonyl (C=O) groups excluding carboxylic acids is 1. The van der Waals surface area contributed by atoms with E-state index in [-0.39, 0.29) is 28.8 Å². The maximum Gasteiger partial charge on any atom is 0.420 e. The maximum absolute atomic E-state index is 12.9. The molecule has 5 nitrogen and oxygen atoms in total. The Labute approximate surface area is 165 Å². The molecular formula is C19H20ClF3N2O3. The summed E-state index contributed by atoms with van der Waals surface area (Å²) in [4.78, 5) is 15.9. The first-order valence-corrected chi connectivity index (χ1v) is 8.68. The molecule has 0 aliphatic rings. The van der Waals surface area contributed by atoms with Gasteiger partial charge in [0.05, 0.1) is 19.3 Å². The summed E-state index contributed by atoms with van der Waals surface area (Å²) in [6, 6.07) is 9.65. The second-order valence-electron chi connectivity index (χ2n) is 6.63. The van der Waals surface area contributed by atoms with Crippen molar-refractivity contribution in [3.8, 4) is 5.75 Å². The number of methoxy groups -OCH3 is 1. The lowest BCUT2D eigenvalue weighted by Gasteiger charge is -2.29. The predicted molar refractivity (Wildman–Crippen MR) is 98.6 cm³/mol. The van der Waals surface area contributed by atoms with Crippen molar-refractivity contribution >= 4 is 17.4 Å². The maximum atomic E-state index is 12.9. The fourth-order valence-electron chi connectivity index (χ4n) is 2.61. The summed E-state index contributed by atoms with van der Waals surface area (Å²) in [5.41, 5.74) is -0.937. The molecule has 2 N–H and O–H groups in total. The van der Waals surface area contributed by atoms with Crippen LogP contribution >= 0.6 is 11.6 Å². The van der Waals surface area contributed by atoms with E-state index < -0.39 is 23.5 Å². The van der Waals surface area contributed by atoms with Gasteiger partial charge in [0.25, 0.3) is 0 Å². The fourth-order valence-corrected chi connectivity index (χ4v) is 2.89. The van der Waals surface area contributed by atoms with E-state index in [1.165, 1.54) is 7.11 Å². The van der Waals surface area contributed by atoms with Crippen LogP contribution in [-0.4, -0.2) is 35.7 Å². The van der Waals surface area contributed by atoms with Gasteiger partial charge in [0.1, 0.15) is 0 Å². The van der Waals surface area contributed by atoms with Crippen LogP contribution in [0.5, 0.6) is 5.75 Å². The zero-order chi connectivity index (χ0) is 21.1. The molecule has 0 radical (unpaired) electrons. The Morgan fingerprint density at radius 1 is 1.29 bits per heavy atom. The third-order valence-corrected chi connectivity index (χ3v) is 4.46. The highest BCUT2D eigenvalue weighted by Gasteiger charge is 2.41. The molecule has 2 aromatic rings. The summed E-state index contributed by atoms with van der Waals surface area (Å²) in [6.07, 6.45) is -7.69. The van der Waals surface area contributed by atoms with Crippen molar-refractivity contribution in [1.29, 1.82) is 0 Å². The topological polar surface area (TPSA) is 71.5 Å². The number of hydrogen-bond acceptors (Lipinski definition) is 5. The van der Waals surface area contributed by atoms with Crippen LogP contribution in [0.3, 0.4) is 0 Å². The second-order valence-corrected chi connectivity index (χ2v) is 6.99. The fraction of sp³-hybridized carbons (Fsp3) is 0.368. The largest absolute Gasteiger partial charge is 0.493 e. The average molecular weight is 417 g/mol. The number of ketones is 1. The quantitative estimate of drug-likeness (QED) is 0.526. The van der Waals surface area contributed by atoms with E-state index in [0.29, 0.717) is 5.56 Å². The minimum absolute atomic E-state index is 0.0597. The molecule has 152 valence electrons. The average Bonchev–Trinajstić information content (AvgIpc) is 2.64. The zero-order valence-electron chi connectivity index (χ0n) is 15.5. The van der Waals surface area contributed by atoms with Crippen LogP contribution in [0.15, 0.2) is 36.4 Å². The molecular weight excluding hydrogens is 397 g/mol. The van der Waals surface area contributed by atoms with Gasteiger partial charge in [-0.1, -0.05) is 41.9 Å². The van der Waals surface area contributed by atoms with Gasteiger partial charge < -0.3 is 15.2 Å². The molecule has 0 spiro atoms. The number of ether oxygens (including phenoxy) is 1. The van der Waals surface area contributed by atoms with E-state index in [1.807, 2.05) is 0 Å². The highest BCUT2D eigenvalue weighted by Crippen LogP contribution is 2.39. The molecule has 1 heterocycles. The van der Waals surface area contributed by atoms with Crippen molar-refractivity contribution in [3.63, 3.8) is 0 Å². The summed E-state index contributed by atoms with van der Waals surface area (Å²) >= 11 is 5.98. The third kappa shape index (κ3) is 5.01. The molecule has 2 rings (SSSR count). The number of rotatable bonds is 7. The van der Waals surface area contributed by atoms with Crippen molar-refractivity contribution in [2.45, 2.75) is 31.7 Å². The molecule has 1 aromatic carbocycles. The highest BCUT2D eigenvalue weighted by atomic mass is 35.5. The van der Waals surface area contributed by atoms with Crippen molar-refractivity contribution in [3.05, 3.63) is 58.4 Å². The lowest BCUT2D eigenvalue weighted by Crippen LogP contribution is -2.40. The Kier molecular flexibility index (Phi) is 6.69. The van der Waals surface area contributed by atoms with Crippen LogP contribution in [0.25, 0.3) is 0 Å². The van der Waals surface area contributed by atoms with E-state index in [1.54, 1.807) is 44.2 Å². The minimum Gasteiger partial charge on any atom is -0.493 e. The highest BCUT2D eigenvalue weighted by molar-refractivity contribution is 6.31. The number of Topliss-reactive ketones (excluding diaryl/α,β-unsaturated/α-hetero) is 1. The molecule has 0 bridgehead atoms. The summed E-state index contributed by atoms with van der Waals surface area (Å²) in [5, 5.41) is 12.2. The predicted octanol–water partition coefficient (Wildman–Crippen LogP) is 4.05. The Bertz CT molecular complexity index is 842. The van der Waals surface area contributed by atoms with Gasteiger partial charge in [-0.05, 0) is 19.9 Å². The number of aromatic nitrogens is 1. The van der Waals surface area contributed by atoms with Gasteiger partial charge >= 0.3 is 6.18 Å². The van der Waals surface area contributed by atoms with E-state index in [4.69, 9.17) is 16.3 Å². The number of hydrogen-bond donors (Lipinski definition) is 2. The van der Waals surface area contributed by atoms with E-state index >= 15 is 0 Å². The van der Waals surface area contributed by atoms with Crippen LogP contribution in [0.4, 0.5) is 13.2 Å². The van der Waals surface area contributed by atoms with Gasteiger partial charge in [-0.3, -0.25) is 4.79 Å². The molecule has 0 aliphatic heterocycles. The normalized spacial score (nSPS) is 13.3. The van der Waals surface area contributed by atoms with E-state index in [9.17, 15) is 23.1 Å². The van der Waals surface area contributed by atoms with Gasteiger partial charge in [-0.2, -0.15) is 13.2 Å². The number of alkyl halides is 3. The Morgan fingerprint density at radius 3 is 2.43 bits per heavy atom. The summed E-state index contributed by atoms with van der Waals surface area (Å²) in [6.45, 7) is 3.24. The number of aliphatic hydroxyl groups excluding tert-OH is 1. The van der Waals surface area contributed by atoms with Gasteiger partial charge in [-0.15, -0.1) is 0 Å². The monoisotopic (exact) mass is 416 g/mol. The van der Waals surface area contributed by atoms with E-state index in [0.717, 1.165) is 6.07 Å². The molecule has 0 amide bonds. The number of aliphatic hydroxyl groups is 1. The molecule has 0 aliphatic carbocycles. The van der Waals surface area contributed by atoms with Crippen LogP contribution in [0, 0.1) is 0 Å². The molecule has 28 heavy (non-hydrogen) atoms. The molecule has 1 aromatic heterocycles. The van der Waals surface area contributed by atoms with Crippen LogP contribution in [0.1, 0.15) is 41.6 Å². The smallest absolute Gasteiger partial charge is 0.420 e. The van der Waals surface area contributed by atoms with Gasteiger partial charge in [0, 0.05) is 16.7 Å². The second kappa shape index (κ2) is 8.46.